The Morgan fingerprint density at radius 1 is 0.795 bits per heavy atom. The molecule has 2 saturated heterocycles. The zero-order chi connectivity index (χ0) is 33.2. The second-order valence-electron chi connectivity index (χ2n) is 12.3. The smallest absolute Gasteiger partial charge is 0.342 e. The number of hydrogen-bond acceptors (Lipinski definition) is 14. The molecular formula is C30H38O14. The minimum atomic E-state index is -2.12. The van der Waals surface area contributed by atoms with Gasteiger partial charge in [-0.2, -0.15) is 0 Å². The molecule has 242 valence electrons. The van der Waals surface area contributed by atoms with E-state index < -0.39 is 101 Å². The molecule has 0 amide bonds. The fraction of sp³-hybridized carbons (Fsp3) is 0.667. The Morgan fingerprint density at radius 2 is 1.32 bits per heavy atom. The first-order valence-electron chi connectivity index (χ1n) is 14.1. The highest BCUT2D eigenvalue weighted by atomic mass is 16.7. The van der Waals surface area contributed by atoms with Crippen LogP contribution in [-0.2, 0) is 61.9 Å². The maximum atomic E-state index is 13.2. The lowest BCUT2D eigenvalue weighted by Gasteiger charge is -2.56. The number of fused-ring (bicyclic) bond motifs is 1. The third kappa shape index (κ3) is 5.17. The van der Waals surface area contributed by atoms with Crippen molar-refractivity contribution < 1.29 is 67.0 Å². The van der Waals surface area contributed by atoms with Crippen LogP contribution in [0.1, 0.15) is 62.3 Å². The molecule has 1 N–H and O–H groups in total. The highest BCUT2D eigenvalue weighted by molar-refractivity contribution is 5.89. The zero-order valence-corrected chi connectivity index (χ0v) is 26.0. The quantitative estimate of drug-likeness (QED) is 0.198. The maximum absolute atomic E-state index is 13.2. The van der Waals surface area contributed by atoms with Crippen LogP contribution in [-0.4, -0.2) is 94.3 Å². The molecule has 4 aliphatic rings. The molecule has 2 aliphatic carbocycles. The van der Waals surface area contributed by atoms with Crippen LogP contribution in [0.3, 0.4) is 0 Å². The second kappa shape index (κ2) is 11.0. The number of aliphatic hydroxyl groups is 1. The summed E-state index contributed by atoms with van der Waals surface area (Å²) in [7, 11) is 0. The van der Waals surface area contributed by atoms with Crippen molar-refractivity contribution in [3.8, 4) is 0 Å². The van der Waals surface area contributed by atoms with Gasteiger partial charge < -0.3 is 38.3 Å². The van der Waals surface area contributed by atoms with Gasteiger partial charge in [-0.1, -0.05) is 13.0 Å². The number of ether oxygens (including phenoxy) is 7. The molecule has 1 spiro atoms. The standard InChI is InChI=1S/C30H38O14/c1-13-12-20-30(29(9,44-30)26(36)43-20)25(42-18(6)35)23-27(7,11-10-19(28(23,8)37)38-14(2)31)24(41-17(5)34)22(40-16(4)33)21(13)39-15(3)32/h10-12,19-25,37H,1-9H3/b13-12-/t19-,20-,21+,22-,23-,24+,25-,27+,28-,29+,30+/m1/s1. The first-order chi connectivity index (χ1) is 20.2. The minimum absolute atomic E-state index is 0.230. The van der Waals surface area contributed by atoms with E-state index in [1.54, 1.807) is 6.92 Å². The average molecular weight is 623 g/mol. The van der Waals surface area contributed by atoms with Gasteiger partial charge in [0.25, 0.3) is 0 Å². The van der Waals surface area contributed by atoms with Gasteiger partial charge in [0.05, 0.1) is 0 Å². The van der Waals surface area contributed by atoms with Crippen molar-refractivity contribution in [1.29, 1.82) is 0 Å². The summed E-state index contributed by atoms with van der Waals surface area (Å²) in [6, 6.07) is 0. The fourth-order valence-electron chi connectivity index (χ4n) is 7.16. The Bertz CT molecular complexity index is 1350. The molecule has 0 unspecified atom stereocenters. The molecule has 14 nitrogen and oxygen atoms in total. The van der Waals surface area contributed by atoms with Gasteiger partial charge in [0.15, 0.2) is 35.6 Å². The van der Waals surface area contributed by atoms with Crippen molar-refractivity contribution in [3.05, 3.63) is 23.8 Å². The molecule has 11 atom stereocenters. The highest BCUT2D eigenvalue weighted by Crippen LogP contribution is 2.65. The van der Waals surface area contributed by atoms with Gasteiger partial charge in [0, 0.05) is 46.0 Å². The van der Waals surface area contributed by atoms with Crippen molar-refractivity contribution in [2.75, 3.05) is 0 Å². The molecular weight excluding hydrogens is 584 g/mol. The summed E-state index contributed by atoms with van der Waals surface area (Å²) in [6.45, 7) is 11.5. The Labute approximate surface area is 253 Å². The number of epoxide rings is 1. The minimum Gasteiger partial charge on any atom is -0.459 e. The summed E-state index contributed by atoms with van der Waals surface area (Å²) in [5.74, 6) is -6.17. The van der Waals surface area contributed by atoms with E-state index in [0.29, 0.717) is 0 Å². The first-order valence-corrected chi connectivity index (χ1v) is 14.1. The van der Waals surface area contributed by atoms with Crippen molar-refractivity contribution in [1.82, 2.24) is 0 Å². The van der Waals surface area contributed by atoms with E-state index in [4.69, 9.17) is 33.2 Å². The van der Waals surface area contributed by atoms with E-state index >= 15 is 0 Å². The first kappa shape index (κ1) is 33.1. The lowest BCUT2D eigenvalue weighted by atomic mass is 9.55. The number of hydrogen-bond donors (Lipinski definition) is 1. The van der Waals surface area contributed by atoms with E-state index in [2.05, 4.69) is 0 Å². The topological polar surface area (TPSA) is 191 Å². The van der Waals surface area contributed by atoms with Gasteiger partial charge in [0.2, 0.25) is 0 Å². The van der Waals surface area contributed by atoms with Crippen molar-refractivity contribution in [2.45, 2.75) is 116 Å². The summed E-state index contributed by atoms with van der Waals surface area (Å²) < 4.78 is 40.4. The third-order valence-corrected chi connectivity index (χ3v) is 8.90. The fourth-order valence-corrected chi connectivity index (χ4v) is 7.16. The van der Waals surface area contributed by atoms with Crippen LogP contribution in [0, 0.1) is 11.3 Å². The molecule has 0 aromatic heterocycles. The third-order valence-electron chi connectivity index (χ3n) is 8.90. The monoisotopic (exact) mass is 622 g/mol. The molecule has 2 fully saturated rings. The number of carbonyl (C=O) groups is 6. The van der Waals surface area contributed by atoms with Crippen molar-refractivity contribution in [3.63, 3.8) is 0 Å². The van der Waals surface area contributed by atoms with Crippen LogP contribution in [0.15, 0.2) is 23.8 Å². The summed E-state index contributed by atoms with van der Waals surface area (Å²) >= 11 is 0. The van der Waals surface area contributed by atoms with Crippen molar-refractivity contribution in [2.24, 2.45) is 11.3 Å². The molecule has 0 saturated carbocycles. The van der Waals surface area contributed by atoms with Gasteiger partial charge in [-0.3, -0.25) is 24.0 Å². The van der Waals surface area contributed by atoms with E-state index in [1.165, 1.54) is 39.0 Å². The van der Waals surface area contributed by atoms with Gasteiger partial charge in [-0.05, 0) is 38.5 Å². The van der Waals surface area contributed by atoms with E-state index in [0.717, 1.165) is 34.6 Å². The molecule has 14 heteroatoms. The Morgan fingerprint density at radius 3 is 1.82 bits per heavy atom. The number of carbonyl (C=O) groups excluding carboxylic acids is 6. The predicted molar refractivity (Wildman–Crippen MR) is 145 cm³/mol. The lowest BCUT2D eigenvalue weighted by molar-refractivity contribution is -0.233. The van der Waals surface area contributed by atoms with Gasteiger partial charge in [0.1, 0.15) is 17.8 Å². The Kier molecular flexibility index (Phi) is 8.27. The summed E-state index contributed by atoms with van der Waals surface area (Å²) in [5.41, 5.74) is -6.96. The van der Waals surface area contributed by atoms with Crippen LogP contribution in [0.25, 0.3) is 0 Å². The second-order valence-corrected chi connectivity index (χ2v) is 12.3. The molecule has 2 heterocycles. The molecule has 0 aromatic carbocycles. The Hall–Kier alpha value is -3.78. The van der Waals surface area contributed by atoms with Crippen LogP contribution >= 0.6 is 0 Å². The summed E-state index contributed by atoms with van der Waals surface area (Å²) in [4.78, 5) is 75.7. The number of esters is 6. The molecule has 0 aromatic rings. The Balaban J connectivity index is 2.14. The molecule has 2 aliphatic heterocycles. The van der Waals surface area contributed by atoms with Gasteiger partial charge >= 0.3 is 35.8 Å². The van der Waals surface area contributed by atoms with Crippen LogP contribution in [0.5, 0.6) is 0 Å². The highest BCUT2D eigenvalue weighted by Gasteiger charge is 2.88. The zero-order valence-electron chi connectivity index (χ0n) is 26.0. The van der Waals surface area contributed by atoms with Gasteiger partial charge in [-0.15, -0.1) is 0 Å². The summed E-state index contributed by atoms with van der Waals surface area (Å²) in [5, 5.41) is 12.3. The van der Waals surface area contributed by atoms with E-state index in [9.17, 15) is 33.9 Å². The van der Waals surface area contributed by atoms with Crippen molar-refractivity contribution >= 4 is 35.8 Å². The normalized spacial score (nSPS) is 43.4. The van der Waals surface area contributed by atoms with E-state index in [1.807, 2.05) is 0 Å². The predicted octanol–water partition coefficient (Wildman–Crippen LogP) is 1.00. The largest absolute Gasteiger partial charge is 0.459 e. The van der Waals surface area contributed by atoms with Crippen LogP contribution in [0.4, 0.5) is 0 Å². The van der Waals surface area contributed by atoms with E-state index in [-0.39, 0.29) is 5.57 Å². The summed E-state index contributed by atoms with van der Waals surface area (Å²) in [6.07, 6.45) is -4.30. The maximum Gasteiger partial charge on any atom is 0.342 e. The van der Waals surface area contributed by atoms with Gasteiger partial charge in [-0.25, -0.2) is 4.79 Å². The number of rotatable bonds is 5. The molecule has 4 rings (SSSR count). The average Bonchev–Trinajstić information content (AvgIpc) is 3.46. The molecule has 44 heavy (non-hydrogen) atoms. The lowest BCUT2D eigenvalue weighted by Crippen LogP contribution is -2.69. The SMILES string of the molecule is CC(=O)O[C@@H]1[C@@H](OC(C)=O)/C(C)=C\[C@H]2OC(=O)[C@]3(C)O[C@]23[C@H](OC(C)=O)[C@H]2[C@](C)(O)[C@H](OC(C)=O)C=C[C@]2(C)[C@H]1OC(C)=O. The molecule has 0 radical (unpaired) electrons. The van der Waals surface area contributed by atoms with Crippen LogP contribution in [0.2, 0.25) is 0 Å². The van der Waals surface area contributed by atoms with Crippen LogP contribution < -0.4 is 0 Å². The molecule has 0 bridgehead atoms.